The number of benzene rings is 1. The maximum Gasteiger partial charge on any atom is 0.246 e. The number of fused-ring (bicyclic) bond motifs is 1. The minimum Gasteiger partial charge on any atom is -0.385 e. The summed E-state index contributed by atoms with van der Waals surface area (Å²) in [6, 6.07) is 6.11. The van der Waals surface area contributed by atoms with E-state index in [2.05, 4.69) is 10.6 Å². The topological polar surface area (TPSA) is 97.0 Å². The lowest BCUT2D eigenvalue weighted by molar-refractivity contribution is -0.141. The highest BCUT2D eigenvalue weighted by Crippen LogP contribution is 2.55. The highest BCUT2D eigenvalue weighted by atomic mass is 35.5. The molecule has 1 spiro atoms. The Morgan fingerprint density at radius 3 is 2.63 bits per heavy atom. The van der Waals surface area contributed by atoms with Gasteiger partial charge in [-0.05, 0) is 43.5 Å². The molecule has 1 aliphatic carbocycles. The number of carbonyl (C=O) groups is 3. The van der Waals surface area contributed by atoms with Crippen LogP contribution in [0.5, 0.6) is 0 Å². The fourth-order valence-corrected chi connectivity index (χ4v) is 6.30. The number of carbonyl (C=O) groups excluding carboxylic acids is 3. The van der Waals surface area contributed by atoms with E-state index in [-0.39, 0.29) is 23.8 Å². The Labute approximate surface area is 210 Å². The molecule has 1 aromatic carbocycles. The molecule has 35 heavy (non-hydrogen) atoms. The largest absolute Gasteiger partial charge is 0.385 e. The molecule has 2 saturated heterocycles. The third-order valence-electron chi connectivity index (χ3n) is 7.74. The van der Waals surface area contributed by atoms with Crippen molar-refractivity contribution in [2.75, 3.05) is 25.6 Å². The Balaban J connectivity index is 1.41. The first-order valence-corrected chi connectivity index (χ1v) is 12.9. The Morgan fingerprint density at radius 1 is 1.17 bits per heavy atom. The number of hydrogen-bond donors (Lipinski definition) is 2. The lowest BCUT2D eigenvalue weighted by atomic mass is 9.74. The molecule has 1 aromatic rings. The number of amides is 3. The van der Waals surface area contributed by atoms with Crippen molar-refractivity contribution in [1.82, 2.24) is 10.2 Å². The summed E-state index contributed by atoms with van der Waals surface area (Å²) >= 11 is 5.96. The maximum absolute atomic E-state index is 13.8. The number of rotatable bonds is 8. The predicted molar refractivity (Wildman–Crippen MR) is 131 cm³/mol. The Morgan fingerprint density at radius 2 is 1.91 bits per heavy atom. The minimum absolute atomic E-state index is 0.106. The van der Waals surface area contributed by atoms with Crippen LogP contribution < -0.4 is 10.6 Å². The molecule has 0 aromatic heterocycles. The van der Waals surface area contributed by atoms with Gasteiger partial charge >= 0.3 is 0 Å². The van der Waals surface area contributed by atoms with Crippen molar-refractivity contribution in [1.29, 1.82) is 0 Å². The molecule has 3 heterocycles. The number of hydrogen-bond acceptors (Lipinski definition) is 5. The number of likely N-dealkylation sites (tertiary alicyclic amines) is 1. The van der Waals surface area contributed by atoms with Crippen LogP contribution in [0.4, 0.5) is 5.69 Å². The molecule has 3 fully saturated rings. The van der Waals surface area contributed by atoms with E-state index in [9.17, 15) is 14.4 Å². The summed E-state index contributed by atoms with van der Waals surface area (Å²) in [4.78, 5) is 42.4. The average molecular weight is 502 g/mol. The fourth-order valence-electron chi connectivity index (χ4n) is 6.17. The SMILES string of the molecule is COCCCN1C(=O)[C@H]2[C@@H](C(=O)Nc3ccc(Cl)cc3)[C@H]3C=C[C@@]2(O3)[C@H]1C(=O)NC1CCCCC1. The van der Waals surface area contributed by atoms with Gasteiger partial charge in [0.25, 0.3) is 0 Å². The molecular weight excluding hydrogens is 470 g/mol. The van der Waals surface area contributed by atoms with Crippen LogP contribution in [0.25, 0.3) is 0 Å². The maximum atomic E-state index is 13.8. The molecule has 3 aliphatic heterocycles. The van der Waals surface area contributed by atoms with Crippen molar-refractivity contribution in [3.63, 3.8) is 0 Å². The Kier molecular flexibility index (Phi) is 6.88. The molecule has 2 N–H and O–H groups in total. The zero-order valence-corrected chi connectivity index (χ0v) is 20.6. The number of nitrogens with zero attached hydrogens (tertiary/aromatic N) is 1. The zero-order valence-electron chi connectivity index (χ0n) is 19.9. The van der Waals surface area contributed by atoms with Crippen LogP contribution in [0.15, 0.2) is 36.4 Å². The first-order valence-electron chi connectivity index (χ1n) is 12.5. The Bertz CT molecular complexity index is 1010. The van der Waals surface area contributed by atoms with Crippen molar-refractivity contribution in [3.8, 4) is 0 Å². The van der Waals surface area contributed by atoms with Crippen LogP contribution in [0.2, 0.25) is 5.02 Å². The van der Waals surface area contributed by atoms with Gasteiger partial charge in [-0.2, -0.15) is 0 Å². The summed E-state index contributed by atoms with van der Waals surface area (Å²) < 4.78 is 11.5. The van der Waals surface area contributed by atoms with E-state index in [0.29, 0.717) is 30.3 Å². The molecule has 188 valence electrons. The number of ether oxygens (including phenoxy) is 2. The van der Waals surface area contributed by atoms with Gasteiger partial charge in [0.05, 0.1) is 17.9 Å². The molecule has 1 saturated carbocycles. The zero-order chi connectivity index (χ0) is 24.6. The van der Waals surface area contributed by atoms with E-state index >= 15 is 0 Å². The van der Waals surface area contributed by atoms with Crippen LogP contribution in [0.3, 0.4) is 0 Å². The van der Waals surface area contributed by atoms with E-state index in [4.69, 9.17) is 21.1 Å². The quantitative estimate of drug-likeness (QED) is 0.421. The number of nitrogens with one attached hydrogen (secondary N) is 2. The minimum atomic E-state index is -1.14. The van der Waals surface area contributed by atoms with Crippen molar-refractivity contribution in [2.24, 2.45) is 11.8 Å². The van der Waals surface area contributed by atoms with E-state index in [1.165, 1.54) is 6.42 Å². The van der Waals surface area contributed by atoms with Crippen LogP contribution in [-0.4, -0.2) is 66.7 Å². The molecular formula is C26H32ClN3O5. The lowest BCUT2D eigenvalue weighted by Crippen LogP contribution is -2.56. The summed E-state index contributed by atoms with van der Waals surface area (Å²) in [5.41, 5.74) is -0.551. The van der Waals surface area contributed by atoms with Crippen LogP contribution in [-0.2, 0) is 23.9 Å². The fraction of sp³-hybridized carbons (Fsp3) is 0.577. The second kappa shape index (κ2) is 9.91. The average Bonchev–Trinajstić information content (AvgIpc) is 3.49. The van der Waals surface area contributed by atoms with Crippen molar-refractivity contribution in [2.45, 2.75) is 62.3 Å². The highest BCUT2D eigenvalue weighted by molar-refractivity contribution is 6.30. The van der Waals surface area contributed by atoms with Crippen LogP contribution in [0.1, 0.15) is 38.5 Å². The molecule has 5 atom stereocenters. The predicted octanol–water partition coefficient (Wildman–Crippen LogP) is 2.91. The van der Waals surface area contributed by atoms with Crippen molar-refractivity contribution >= 4 is 35.0 Å². The normalized spacial score (nSPS) is 31.6. The molecule has 3 amide bonds. The van der Waals surface area contributed by atoms with E-state index in [1.807, 2.05) is 12.2 Å². The number of halogens is 1. The van der Waals surface area contributed by atoms with Crippen molar-refractivity contribution in [3.05, 3.63) is 41.4 Å². The second-order valence-corrected chi connectivity index (χ2v) is 10.4. The molecule has 4 aliphatic rings. The van der Waals surface area contributed by atoms with Crippen LogP contribution in [0, 0.1) is 11.8 Å². The van der Waals surface area contributed by atoms with Gasteiger partial charge in [-0.25, -0.2) is 0 Å². The van der Waals surface area contributed by atoms with Gasteiger partial charge in [0.2, 0.25) is 17.7 Å². The molecule has 0 unspecified atom stereocenters. The van der Waals surface area contributed by atoms with E-state index < -0.39 is 29.6 Å². The number of methoxy groups -OCH3 is 1. The Hall–Kier alpha value is -2.42. The molecule has 9 heteroatoms. The molecule has 0 radical (unpaired) electrons. The lowest BCUT2D eigenvalue weighted by Gasteiger charge is -2.34. The number of anilines is 1. The first kappa shape index (κ1) is 24.3. The smallest absolute Gasteiger partial charge is 0.246 e. The second-order valence-electron chi connectivity index (χ2n) is 9.92. The van der Waals surface area contributed by atoms with Crippen LogP contribution >= 0.6 is 11.6 Å². The van der Waals surface area contributed by atoms with E-state index in [0.717, 1.165) is 25.7 Å². The summed E-state index contributed by atoms with van der Waals surface area (Å²) in [5, 5.41) is 6.66. The highest BCUT2D eigenvalue weighted by Gasteiger charge is 2.72. The third kappa shape index (κ3) is 4.36. The summed E-state index contributed by atoms with van der Waals surface area (Å²) in [6.07, 6.45) is 8.95. The van der Waals surface area contributed by atoms with Gasteiger partial charge in [0, 0.05) is 37.0 Å². The van der Waals surface area contributed by atoms with Gasteiger partial charge in [0.1, 0.15) is 11.6 Å². The summed E-state index contributed by atoms with van der Waals surface area (Å²) in [5.74, 6) is -2.19. The molecule has 5 rings (SSSR count). The summed E-state index contributed by atoms with van der Waals surface area (Å²) in [6.45, 7) is 0.833. The summed E-state index contributed by atoms with van der Waals surface area (Å²) in [7, 11) is 1.61. The van der Waals surface area contributed by atoms with Crippen molar-refractivity contribution < 1.29 is 23.9 Å². The van der Waals surface area contributed by atoms with Gasteiger partial charge in [0.15, 0.2) is 0 Å². The monoisotopic (exact) mass is 501 g/mol. The van der Waals surface area contributed by atoms with Gasteiger partial charge < -0.3 is 25.0 Å². The van der Waals surface area contributed by atoms with E-state index in [1.54, 1.807) is 36.3 Å². The first-order chi connectivity index (χ1) is 16.9. The molecule has 2 bridgehead atoms. The van der Waals surface area contributed by atoms with Gasteiger partial charge in [-0.1, -0.05) is 43.0 Å². The molecule has 8 nitrogen and oxygen atoms in total. The van der Waals surface area contributed by atoms with Gasteiger partial charge in [-0.15, -0.1) is 0 Å². The third-order valence-corrected chi connectivity index (χ3v) is 7.99. The standard InChI is InChI=1S/C26H32ClN3O5/c1-34-15-5-14-30-22(24(32)29-17-6-3-2-4-7-17)26-13-12-19(35-26)20(21(26)25(30)33)23(31)28-18-10-8-16(27)9-11-18/h8-13,17,19-22H,2-7,14-15H2,1H3,(H,28,31)(H,29,32)/t19-,20+,21-,22-,26+/m1/s1. The van der Waals surface area contributed by atoms with Gasteiger partial charge in [-0.3, -0.25) is 14.4 Å².